The first kappa shape index (κ1) is 10.7. The van der Waals surface area contributed by atoms with E-state index in [0.29, 0.717) is 11.6 Å². The van der Waals surface area contributed by atoms with Crippen molar-refractivity contribution in [1.29, 1.82) is 0 Å². The average molecular weight is 236 g/mol. The van der Waals surface area contributed by atoms with Crippen LogP contribution in [0, 0.1) is 0 Å². The summed E-state index contributed by atoms with van der Waals surface area (Å²) in [4.78, 5) is 15.5. The Bertz CT molecular complexity index is 467. The van der Waals surface area contributed by atoms with Crippen LogP contribution in [0.2, 0.25) is 0 Å². The van der Waals surface area contributed by atoms with E-state index < -0.39 is 5.97 Å². The maximum absolute atomic E-state index is 10.6. The Morgan fingerprint density at radius 1 is 1.38 bits per heavy atom. The van der Waals surface area contributed by atoms with Gasteiger partial charge in [0.05, 0.1) is 11.3 Å². The minimum atomic E-state index is -0.923. The fraction of sp³-hybridized carbons (Fsp3) is 0.100. The van der Waals surface area contributed by atoms with Gasteiger partial charge < -0.3 is 9.63 Å². The zero-order valence-corrected chi connectivity index (χ0v) is 8.98. The fourth-order valence-corrected chi connectivity index (χ4v) is 1.84. The van der Waals surface area contributed by atoms with Gasteiger partial charge in [0.25, 0.3) is 0 Å². The normalized spacial score (nSPS) is 10.2. The van der Waals surface area contributed by atoms with Crippen molar-refractivity contribution < 1.29 is 14.4 Å². The highest BCUT2D eigenvalue weighted by Crippen LogP contribution is 2.21. The standard InChI is InChI=1S/C10H8N2O3S/c13-10(14)7-1-3-8(4-2-7)16-5-9-11-6-12-15-9/h1-4,6H,5H2,(H,13,14). The second-order valence-electron chi connectivity index (χ2n) is 2.95. The lowest BCUT2D eigenvalue weighted by atomic mass is 10.2. The van der Waals surface area contributed by atoms with Gasteiger partial charge in [-0.05, 0) is 24.3 Å². The molecule has 0 radical (unpaired) electrons. The summed E-state index contributed by atoms with van der Waals surface area (Å²) >= 11 is 1.51. The molecule has 2 rings (SSSR count). The van der Waals surface area contributed by atoms with E-state index in [4.69, 9.17) is 9.63 Å². The minimum absolute atomic E-state index is 0.280. The van der Waals surface area contributed by atoms with Gasteiger partial charge in [0.1, 0.15) is 0 Å². The Morgan fingerprint density at radius 2 is 2.12 bits per heavy atom. The van der Waals surface area contributed by atoms with E-state index in [0.717, 1.165) is 4.90 Å². The summed E-state index contributed by atoms with van der Waals surface area (Å²) in [5.41, 5.74) is 0.280. The third-order valence-electron chi connectivity index (χ3n) is 1.87. The smallest absolute Gasteiger partial charge is 0.335 e. The Hall–Kier alpha value is -1.82. The van der Waals surface area contributed by atoms with Crippen molar-refractivity contribution in [2.45, 2.75) is 10.6 Å². The van der Waals surface area contributed by atoms with Crippen LogP contribution in [-0.4, -0.2) is 21.2 Å². The van der Waals surface area contributed by atoms with Crippen molar-refractivity contribution >= 4 is 17.7 Å². The van der Waals surface area contributed by atoms with Crippen LogP contribution < -0.4 is 0 Å². The summed E-state index contributed by atoms with van der Waals surface area (Å²) in [6, 6.07) is 6.64. The van der Waals surface area contributed by atoms with Crippen molar-refractivity contribution in [2.24, 2.45) is 0 Å². The SMILES string of the molecule is O=C(O)c1ccc(SCc2ncno2)cc1. The molecule has 5 nitrogen and oxygen atoms in total. The van der Waals surface area contributed by atoms with Gasteiger partial charge >= 0.3 is 5.97 Å². The third kappa shape index (κ3) is 2.60. The highest BCUT2D eigenvalue weighted by atomic mass is 32.2. The average Bonchev–Trinajstić information content (AvgIpc) is 2.80. The molecule has 1 aromatic carbocycles. The molecule has 0 saturated carbocycles. The van der Waals surface area contributed by atoms with Gasteiger partial charge in [0.15, 0.2) is 6.33 Å². The number of aromatic nitrogens is 2. The molecule has 0 fully saturated rings. The van der Waals surface area contributed by atoms with Crippen LogP contribution in [0.15, 0.2) is 40.0 Å². The zero-order valence-electron chi connectivity index (χ0n) is 8.16. The lowest BCUT2D eigenvalue weighted by Crippen LogP contribution is -1.94. The van der Waals surface area contributed by atoms with Crippen LogP contribution in [0.5, 0.6) is 0 Å². The first-order chi connectivity index (χ1) is 7.75. The van der Waals surface area contributed by atoms with Gasteiger partial charge in [-0.3, -0.25) is 0 Å². The quantitative estimate of drug-likeness (QED) is 0.819. The molecule has 0 aliphatic carbocycles. The Kier molecular flexibility index (Phi) is 3.21. The van der Waals surface area contributed by atoms with Gasteiger partial charge in [0, 0.05) is 4.90 Å². The Labute approximate surface area is 95.5 Å². The number of nitrogens with zero attached hydrogens (tertiary/aromatic N) is 2. The van der Waals surface area contributed by atoms with Gasteiger partial charge in [-0.2, -0.15) is 4.98 Å². The number of hydrogen-bond acceptors (Lipinski definition) is 5. The van der Waals surface area contributed by atoms with E-state index in [1.807, 2.05) is 0 Å². The van der Waals surface area contributed by atoms with Crippen LogP contribution in [0.1, 0.15) is 16.2 Å². The van der Waals surface area contributed by atoms with Crippen molar-refractivity contribution in [3.05, 3.63) is 42.0 Å². The summed E-state index contributed by atoms with van der Waals surface area (Å²) in [5, 5.41) is 12.2. The second kappa shape index (κ2) is 4.80. The molecular formula is C10H8N2O3S. The fourth-order valence-electron chi connectivity index (χ4n) is 1.10. The lowest BCUT2D eigenvalue weighted by Gasteiger charge is -1.99. The van der Waals surface area contributed by atoms with Crippen LogP contribution in [0.3, 0.4) is 0 Å². The number of carboxylic acids is 1. The van der Waals surface area contributed by atoms with E-state index in [1.165, 1.54) is 18.1 Å². The van der Waals surface area contributed by atoms with Crippen molar-refractivity contribution in [3.63, 3.8) is 0 Å². The Morgan fingerprint density at radius 3 is 2.69 bits per heavy atom. The summed E-state index contributed by atoms with van der Waals surface area (Å²) in [5.74, 6) is 0.202. The monoisotopic (exact) mass is 236 g/mol. The largest absolute Gasteiger partial charge is 0.478 e. The number of rotatable bonds is 4. The summed E-state index contributed by atoms with van der Waals surface area (Å²) < 4.78 is 4.84. The van der Waals surface area contributed by atoms with Crippen LogP contribution >= 0.6 is 11.8 Å². The maximum Gasteiger partial charge on any atom is 0.335 e. The van der Waals surface area contributed by atoms with E-state index in [-0.39, 0.29) is 5.56 Å². The number of thioether (sulfide) groups is 1. The highest BCUT2D eigenvalue weighted by Gasteiger charge is 2.03. The minimum Gasteiger partial charge on any atom is -0.478 e. The Balaban J connectivity index is 1.98. The van der Waals surface area contributed by atoms with Gasteiger partial charge in [-0.1, -0.05) is 5.16 Å². The van der Waals surface area contributed by atoms with E-state index in [1.54, 1.807) is 24.3 Å². The molecule has 0 spiro atoms. The molecule has 6 heteroatoms. The van der Waals surface area contributed by atoms with Crippen LogP contribution in [0.4, 0.5) is 0 Å². The molecule has 0 saturated heterocycles. The molecule has 0 bridgehead atoms. The third-order valence-corrected chi connectivity index (χ3v) is 2.87. The van der Waals surface area contributed by atoms with E-state index >= 15 is 0 Å². The number of hydrogen-bond donors (Lipinski definition) is 1. The van der Waals surface area contributed by atoms with Crippen molar-refractivity contribution in [1.82, 2.24) is 10.1 Å². The molecular weight excluding hydrogens is 228 g/mol. The predicted molar refractivity (Wildman–Crippen MR) is 57.3 cm³/mol. The number of carbonyl (C=O) groups is 1. The van der Waals surface area contributed by atoms with Gasteiger partial charge in [-0.15, -0.1) is 11.8 Å². The molecule has 0 atom stereocenters. The summed E-state index contributed by atoms with van der Waals surface area (Å²) in [7, 11) is 0. The van der Waals surface area contributed by atoms with Crippen LogP contribution in [-0.2, 0) is 5.75 Å². The number of aromatic carboxylic acids is 1. The molecule has 2 aromatic rings. The predicted octanol–water partition coefficient (Wildman–Crippen LogP) is 2.06. The van der Waals surface area contributed by atoms with E-state index in [2.05, 4.69) is 10.1 Å². The molecule has 16 heavy (non-hydrogen) atoms. The number of carboxylic acid groups (broad SMARTS) is 1. The van der Waals surface area contributed by atoms with Crippen molar-refractivity contribution in [2.75, 3.05) is 0 Å². The summed E-state index contributed by atoms with van der Waals surface area (Å²) in [6.07, 6.45) is 1.35. The molecule has 0 unspecified atom stereocenters. The maximum atomic E-state index is 10.6. The molecule has 1 N–H and O–H groups in total. The highest BCUT2D eigenvalue weighted by molar-refractivity contribution is 7.98. The number of benzene rings is 1. The van der Waals surface area contributed by atoms with Crippen molar-refractivity contribution in [3.8, 4) is 0 Å². The molecule has 0 aliphatic heterocycles. The topological polar surface area (TPSA) is 76.2 Å². The van der Waals surface area contributed by atoms with Gasteiger partial charge in [-0.25, -0.2) is 4.79 Å². The molecule has 1 heterocycles. The zero-order chi connectivity index (χ0) is 11.4. The first-order valence-electron chi connectivity index (χ1n) is 4.47. The lowest BCUT2D eigenvalue weighted by molar-refractivity contribution is 0.0697. The van der Waals surface area contributed by atoms with Gasteiger partial charge in [0.2, 0.25) is 5.89 Å². The summed E-state index contributed by atoms with van der Waals surface area (Å²) in [6.45, 7) is 0. The molecule has 0 amide bonds. The molecule has 1 aromatic heterocycles. The molecule has 82 valence electrons. The second-order valence-corrected chi connectivity index (χ2v) is 4.00. The first-order valence-corrected chi connectivity index (χ1v) is 5.46. The molecule has 0 aliphatic rings. The van der Waals surface area contributed by atoms with E-state index in [9.17, 15) is 4.79 Å². The van der Waals surface area contributed by atoms with Crippen LogP contribution in [0.25, 0.3) is 0 Å².